The normalized spacial score (nSPS) is 12.6. The Labute approximate surface area is 164 Å². The molecule has 0 saturated carbocycles. The fraction of sp³-hybridized carbons (Fsp3) is 0.400. The summed E-state index contributed by atoms with van der Waals surface area (Å²) in [5.74, 6) is 0.605. The number of carbonyl (C=O) groups is 1. The molecule has 7 heteroatoms. The van der Waals surface area contributed by atoms with Crippen molar-refractivity contribution in [2.45, 2.75) is 23.6 Å². The Bertz CT molecular complexity index is 722. The lowest BCUT2D eigenvalue weighted by Crippen LogP contribution is -2.31. The summed E-state index contributed by atoms with van der Waals surface area (Å²) in [6, 6.07) is 11.6. The van der Waals surface area contributed by atoms with Gasteiger partial charge in [-0.05, 0) is 37.4 Å². The quantitative estimate of drug-likeness (QED) is 0.634. The van der Waals surface area contributed by atoms with Gasteiger partial charge in [-0.1, -0.05) is 37.7 Å². The van der Waals surface area contributed by atoms with Crippen LogP contribution in [0.1, 0.15) is 13.8 Å². The third-order valence-electron chi connectivity index (χ3n) is 4.37. The first-order valence-electron chi connectivity index (χ1n) is 9.23. The van der Waals surface area contributed by atoms with E-state index in [1.165, 1.54) is 4.90 Å². The van der Waals surface area contributed by atoms with E-state index in [-0.39, 0.29) is 6.61 Å². The molecule has 3 rings (SSSR count). The van der Waals surface area contributed by atoms with Gasteiger partial charge in [-0.3, -0.25) is 0 Å². The van der Waals surface area contributed by atoms with E-state index in [2.05, 4.69) is 23.7 Å². The first-order valence-corrected chi connectivity index (χ1v) is 10.0. The van der Waals surface area contributed by atoms with Crippen LogP contribution in [0.2, 0.25) is 0 Å². The maximum atomic E-state index is 12.7. The number of ether oxygens (including phenoxy) is 2. The Hall–Kier alpha value is -2.09. The minimum atomic E-state index is -0.435. The van der Waals surface area contributed by atoms with Crippen molar-refractivity contribution in [1.82, 2.24) is 9.88 Å². The molecule has 1 aromatic carbocycles. The van der Waals surface area contributed by atoms with Crippen LogP contribution in [0.5, 0.6) is 0 Å². The van der Waals surface area contributed by atoms with Gasteiger partial charge in [0.05, 0.1) is 23.8 Å². The second-order valence-electron chi connectivity index (χ2n) is 5.98. The predicted octanol–water partition coefficient (Wildman–Crippen LogP) is 4.18. The number of anilines is 2. The number of benzene rings is 1. The smallest absolute Gasteiger partial charge is 0.420 e. The minimum Gasteiger partial charge on any atom is -0.446 e. The Morgan fingerprint density at radius 3 is 2.67 bits per heavy atom. The Kier molecular flexibility index (Phi) is 7.09. The van der Waals surface area contributed by atoms with Gasteiger partial charge in [0, 0.05) is 17.6 Å². The highest BCUT2D eigenvalue weighted by Gasteiger charge is 2.30. The second kappa shape index (κ2) is 9.73. The number of amides is 1. The van der Waals surface area contributed by atoms with Crippen molar-refractivity contribution >= 4 is 29.4 Å². The van der Waals surface area contributed by atoms with Crippen molar-refractivity contribution in [3.8, 4) is 0 Å². The summed E-state index contributed by atoms with van der Waals surface area (Å²) < 4.78 is 11.0. The van der Waals surface area contributed by atoms with E-state index in [0.29, 0.717) is 19.0 Å². The molecule has 1 aliphatic rings. The molecule has 1 aliphatic heterocycles. The van der Waals surface area contributed by atoms with Crippen molar-refractivity contribution in [3.63, 3.8) is 0 Å². The minimum absolute atomic E-state index is 0.213. The van der Waals surface area contributed by atoms with Gasteiger partial charge in [-0.15, -0.1) is 0 Å². The highest BCUT2D eigenvalue weighted by molar-refractivity contribution is 7.99. The Morgan fingerprint density at radius 2 is 1.85 bits per heavy atom. The van der Waals surface area contributed by atoms with Gasteiger partial charge in [0.2, 0.25) is 0 Å². The van der Waals surface area contributed by atoms with E-state index < -0.39 is 6.09 Å². The van der Waals surface area contributed by atoms with Crippen molar-refractivity contribution in [1.29, 1.82) is 0 Å². The molecule has 1 aromatic heterocycles. The van der Waals surface area contributed by atoms with Crippen LogP contribution < -0.4 is 4.90 Å². The zero-order chi connectivity index (χ0) is 19.1. The number of pyridine rings is 1. The molecule has 6 nitrogen and oxygen atoms in total. The van der Waals surface area contributed by atoms with Gasteiger partial charge < -0.3 is 14.4 Å². The van der Waals surface area contributed by atoms with Gasteiger partial charge in [0.25, 0.3) is 0 Å². The SMILES string of the molecule is CCN(CC)CCOCCOC(=O)N1c2ccccc2Sc2cccnc21. The Balaban J connectivity index is 1.57. The van der Waals surface area contributed by atoms with Crippen molar-refractivity contribution < 1.29 is 14.3 Å². The number of para-hydroxylation sites is 1. The molecule has 0 N–H and O–H groups in total. The monoisotopic (exact) mass is 387 g/mol. The molecule has 2 heterocycles. The molecule has 144 valence electrons. The highest BCUT2D eigenvalue weighted by Crippen LogP contribution is 2.46. The molecule has 27 heavy (non-hydrogen) atoms. The fourth-order valence-corrected chi connectivity index (χ4v) is 3.89. The molecule has 2 aromatic rings. The molecule has 0 atom stereocenters. The largest absolute Gasteiger partial charge is 0.446 e. The zero-order valence-corrected chi connectivity index (χ0v) is 16.6. The van der Waals surface area contributed by atoms with E-state index in [1.807, 2.05) is 36.4 Å². The van der Waals surface area contributed by atoms with E-state index in [0.717, 1.165) is 35.1 Å². The molecule has 0 fully saturated rings. The van der Waals surface area contributed by atoms with Gasteiger partial charge >= 0.3 is 6.09 Å². The summed E-state index contributed by atoms with van der Waals surface area (Å²) in [4.78, 5) is 22.9. The van der Waals surface area contributed by atoms with E-state index in [9.17, 15) is 4.79 Å². The summed E-state index contributed by atoms with van der Waals surface area (Å²) in [7, 11) is 0. The standard InChI is InChI=1S/C20H25N3O3S/c1-3-22(4-2)12-13-25-14-15-26-20(24)23-16-8-5-6-9-17(16)27-18-10-7-11-21-19(18)23/h5-11H,3-4,12-15H2,1-2H3. The first-order chi connectivity index (χ1) is 13.2. The lowest BCUT2D eigenvalue weighted by molar-refractivity contribution is 0.0645. The van der Waals surface area contributed by atoms with Gasteiger partial charge in [0.15, 0.2) is 5.82 Å². The summed E-state index contributed by atoms with van der Waals surface area (Å²) in [5, 5.41) is 0. The number of carbonyl (C=O) groups excluding carboxylic acids is 1. The number of rotatable bonds is 8. The molecule has 0 aliphatic carbocycles. The number of nitrogens with zero attached hydrogens (tertiary/aromatic N) is 3. The first kappa shape index (κ1) is 19.7. The highest BCUT2D eigenvalue weighted by atomic mass is 32.2. The van der Waals surface area contributed by atoms with Crippen LogP contribution >= 0.6 is 11.8 Å². The van der Waals surface area contributed by atoms with Gasteiger partial charge in [-0.2, -0.15) is 0 Å². The number of likely N-dealkylation sites (N-methyl/N-ethyl adjacent to an activating group) is 1. The second-order valence-corrected chi connectivity index (χ2v) is 7.07. The van der Waals surface area contributed by atoms with Crippen LogP contribution in [0.3, 0.4) is 0 Å². The molecule has 0 radical (unpaired) electrons. The molecule has 0 bridgehead atoms. The maximum absolute atomic E-state index is 12.7. The average Bonchev–Trinajstić information content (AvgIpc) is 2.71. The summed E-state index contributed by atoms with van der Waals surface area (Å²) in [6.45, 7) is 8.39. The molecular formula is C20H25N3O3S. The van der Waals surface area contributed by atoms with Gasteiger partial charge in [0.1, 0.15) is 6.61 Å². The number of hydrogen-bond acceptors (Lipinski definition) is 6. The third-order valence-corrected chi connectivity index (χ3v) is 5.47. The van der Waals surface area contributed by atoms with Crippen molar-refractivity contribution in [2.75, 3.05) is 44.4 Å². The zero-order valence-electron chi connectivity index (χ0n) is 15.8. The maximum Gasteiger partial charge on any atom is 0.420 e. The average molecular weight is 388 g/mol. The molecule has 0 spiro atoms. The topological polar surface area (TPSA) is 54.9 Å². The molecule has 1 amide bonds. The van der Waals surface area contributed by atoms with Crippen LogP contribution in [0, 0.1) is 0 Å². The fourth-order valence-electron chi connectivity index (χ4n) is 2.86. The lowest BCUT2D eigenvalue weighted by atomic mass is 10.2. The predicted molar refractivity (Wildman–Crippen MR) is 107 cm³/mol. The van der Waals surface area contributed by atoms with Gasteiger partial charge in [-0.25, -0.2) is 14.7 Å². The number of hydrogen-bond donors (Lipinski definition) is 0. The van der Waals surface area contributed by atoms with Crippen LogP contribution in [0.4, 0.5) is 16.3 Å². The third kappa shape index (κ3) is 4.80. The van der Waals surface area contributed by atoms with Crippen molar-refractivity contribution in [3.05, 3.63) is 42.6 Å². The Morgan fingerprint density at radius 1 is 1.07 bits per heavy atom. The van der Waals surface area contributed by atoms with E-state index in [1.54, 1.807) is 18.0 Å². The van der Waals surface area contributed by atoms with Crippen LogP contribution in [0.15, 0.2) is 52.4 Å². The van der Waals surface area contributed by atoms with E-state index in [4.69, 9.17) is 9.47 Å². The summed E-state index contributed by atoms with van der Waals surface area (Å²) in [5.41, 5.74) is 0.793. The van der Waals surface area contributed by atoms with Crippen molar-refractivity contribution in [2.24, 2.45) is 0 Å². The molecule has 0 saturated heterocycles. The lowest BCUT2D eigenvalue weighted by Gasteiger charge is -2.28. The van der Waals surface area contributed by atoms with Crippen LogP contribution in [0.25, 0.3) is 0 Å². The van der Waals surface area contributed by atoms with Crippen LogP contribution in [-0.4, -0.2) is 55.4 Å². The number of fused-ring (bicyclic) bond motifs is 2. The summed E-state index contributed by atoms with van der Waals surface area (Å²) in [6.07, 6.45) is 1.25. The molecule has 0 unspecified atom stereocenters. The van der Waals surface area contributed by atoms with E-state index >= 15 is 0 Å². The summed E-state index contributed by atoms with van der Waals surface area (Å²) >= 11 is 1.60. The van der Waals surface area contributed by atoms with Crippen LogP contribution in [-0.2, 0) is 9.47 Å². The number of aromatic nitrogens is 1. The molecular weight excluding hydrogens is 362 g/mol.